The number of ether oxygens (including phenoxy) is 6. The largest absolute Gasteiger partial charge is 0.494 e. The highest BCUT2D eigenvalue weighted by Gasteiger charge is 2.60. The Bertz CT molecular complexity index is 1670. The number of ketones is 1. The van der Waals surface area contributed by atoms with Gasteiger partial charge in [0.15, 0.2) is 17.7 Å². The number of methoxy groups -OCH3 is 1. The quantitative estimate of drug-likeness (QED) is 0.0626. The van der Waals surface area contributed by atoms with E-state index in [4.69, 9.17) is 33.6 Å². The maximum Gasteiger partial charge on any atom is 0.410 e. The molecule has 0 radical (unpaired) electrons. The molecule has 3 N–H and O–H groups in total. The number of aliphatic hydroxyl groups excluding tert-OH is 1. The summed E-state index contributed by atoms with van der Waals surface area (Å²) >= 11 is 0. The second-order valence-corrected chi connectivity index (χ2v) is 17.6. The van der Waals surface area contributed by atoms with Crippen LogP contribution in [0, 0.1) is 23.7 Å². The number of carbonyl (C=O) groups excluding carboxylic acids is 4. The summed E-state index contributed by atoms with van der Waals surface area (Å²) in [6, 6.07) is 6.80. The van der Waals surface area contributed by atoms with Gasteiger partial charge in [-0.2, -0.15) is 0 Å². The van der Waals surface area contributed by atoms with Gasteiger partial charge in [0.05, 0.1) is 30.5 Å². The summed E-state index contributed by atoms with van der Waals surface area (Å²) in [5, 5.41) is 20.7. The molecule has 330 valence electrons. The molecule has 0 saturated carbocycles. The number of benzene rings is 1. The third-order valence-electron chi connectivity index (χ3n) is 13.3. The number of likely N-dealkylation sites (N-methyl/N-ethyl adjacent to an activating group) is 1. The Morgan fingerprint density at radius 3 is 2.41 bits per heavy atom. The van der Waals surface area contributed by atoms with Crippen molar-refractivity contribution in [1.29, 1.82) is 0 Å². The molecule has 13 atom stereocenters. The van der Waals surface area contributed by atoms with Gasteiger partial charge in [-0.05, 0) is 90.5 Å². The van der Waals surface area contributed by atoms with E-state index in [1.807, 2.05) is 59.0 Å². The minimum atomic E-state index is -1.18. The van der Waals surface area contributed by atoms with E-state index < -0.39 is 77.4 Å². The average Bonchev–Trinajstić information content (AvgIpc) is 3.33. The molecule has 5 rings (SSSR count). The molecule has 59 heavy (non-hydrogen) atoms. The van der Waals surface area contributed by atoms with Crippen LogP contribution in [0.2, 0.25) is 0 Å². The molecule has 1 aromatic rings. The first-order valence-electron chi connectivity index (χ1n) is 21.2. The second kappa shape index (κ2) is 19.4. The molecule has 4 heterocycles. The van der Waals surface area contributed by atoms with Crippen molar-refractivity contribution in [2.75, 3.05) is 27.3 Å². The van der Waals surface area contributed by atoms with Crippen molar-refractivity contribution in [2.45, 2.75) is 154 Å². The van der Waals surface area contributed by atoms with Crippen LogP contribution in [0.5, 0.6) is 5.75 Å². The number of Topliss-reactive ketones (excluding diaryl/α,β-unsaturated/α-hetero) is 1. The van der Waals surface area contributed by atoms with Crippen molar-refractivity contribution < 1.29 is 57.9 Å². The molecule has 4 aliphatic rings. The Labute approximate surface area is 349 Å². The molecule has 0 aromatic heterocycles. The number of hydroxylamine groups is 1. The highest BCUT2D eigenvalue weighted by atomic mass is 16.7. The van der Waals surface area contributed by atoms with Gasteiger partial charge in [-0.25, -0.2) is 10.3 Å². The van der Waals surface area contributed by atoms with Crippen LogP contribution in [0.25, 0.3) is 0 Å². The lowest BCUT2D eigenvalue weighted by Gasteiger charge is -2.47. The standard InChI is InChI=1S/C44H67N3O12/c1-11-34-44(8)38-27(4)32(14-12-20-47(38)42(52)59-44)25(2)23-43(7,54-10)39(28(5)36(49)29(6)40(51)57-34)58-41-37(50)33(22-26(3)56-41)46(9)24-30-16-18-31(19-17-30)55-21-13-15-35(48)45-53/h14,16-19,25-29,33-34,37-39,41,50,53H,11-13,15,20-24H2,1-10H3,(H,45,48)/t25-,26-,27+,28+,29-,33+,34-,37-,38-,39-,41+,43-,44-/m1/s1. The van der Waals surface area contributed by atoms with Gasteiger partial charge >= 0.3 is 12.1 Å². The number of cyclic esters (lactones) is 1. The molecule has 2 amide bonds. The van der Waals surface area contributed by atoms with E-state index in [2.05, 4.69) is 24.8 Å². The summed E-state index contributed by atoms with van der Waals surface area (Å²) in [5.74, 6) is -3.24. The summed E-state index contributed by atoms with van der Waals surface area (Å²) in [5.41, 5.74) is 1.47. The van der Waals surface area contributed by atoms with Crippen LogP contribution in [0.15, 0.2) is 35.9 Å². The van der Waals surface area contributed by atoms with Gasteiger partial charge in [0.25, 0.3) is 0 Å². The predicted molar refractivity (Wildman–Crippen MR) is 216 cm³/mol. The lowest BCUT2D eigenvalue weighted by Crippen LogP contribution is -2.60. The topological polar surface area (TPSA) is 183 Å². The SMILES string of the molecule is CC[C@H]1OC(=O)[C@H](C)C(=O)[C@H](C)[C@@H](O[C@@H]2O[C@H](C)C[C@H](N(C)Cc3ccc(OCCCC(=O)NO)cc3)[C@H]2O)[C@](C)(OC)C[C@@H](C)C2=CCCN3C(=O)O[C@@]1(C)[C@H]3[C@H]2C. The third kappa shape index (κ3) is 9.97. The molecule has 15 heteroatoms. The minimum Gasteiger partial charge on any atom is -0.494 e. The molecular weight excluding hydrogens is 762 g/mol. The molecule has 0 aliphatic carbocycles. The van der Waals surface area contributed by atoms with Gasteiger partial charge in [-0.3, -0.25) is 24.5 Å². The van der Waals surface area contributed by atoms with Gasteiger partial charge in [-0.15, -0.1) is 0 Å². The Hall–Kier alpha value is -3.60. The molecular formula is C44H67N3O12. The summed E-state index contributed by atoms with van der Waals surface area (Å²) in [6.07, 6.45) is 0.0337. The van der Waals surface area contributed by atoms with E-state index >= 15 is 0 Å². The summed E-state index contributed by atoms with van der Waals surface area (Å²) in [7, 11) is 3.52. The first-order valence-corrected chi connectivity index (χ1v) is 21.2. The zero-order chi connectivity index (χ0) is 43.4. The van der Waals surface area contributed by atoms with E-state index in [-0.39, 0.29) is 30.4 Å². The molecule has 2 bridgehead atoms. The highest BCUT2D eigenvalue weighted by molar-refractivity contribution is 6.00. The van der Waals surface area contributed by atoms with Crippen LogP contribution in [-0.2, 0) is 44.6 Å². The van der Waals surface area contributed by atoms with E-state index in [1.54, 1.807) is 24.4 Å². The zero-order valence-corrected chi connectivity index (χ0v) is 36.5. The van der Waals surface area contributed by atoms with Crippen molar-refractivity contribution in [3.8, 4) is 5.75 Å². The maximum absolute atomic E-state index is 14.4. The monoisotopic (exact) mass is 829 g/mol. The number of amides is 2. The van der Waals surface area contributed by atoms with Gasteiger partial charge in [-0.1, -0.05) is 51.5 Å². The Kier molecular flexibility index (Phi) is 15.3. The Morgan fingerprint density at radius 2 is 1.76 bits per heavy atom. The van der Waals surface area contributed by atoms with Gasteiger partial charge < -0.3 is 38.4 Å². The number of rotatable bonds is 12. The van der Waals surface area contributed by atoms with Crippen molar-refractivity contribution in [2.24, 2.45) is 23.7 Å². The number of fused-ring (bicyclic) bond motifs is 1. The van der Waals surface area contributed by atoms with E-state index in [0.717, 1.165) is 11.1 Å². The van der Waals surface area contributed by atoms with Crippen molar-refractivity contribution >= 4 is 23.8 Å². The predicted octanol–water partition coefficient (Wildman–Crippen LogP) is 5.19. The van der Waals surface area contributed by atoms with Crippen LogP contribution in [0.1, 0.15) is 99.5 Å². The van der Waals surface area contributed by atoms with Crippen LogP contribution in [0.4, 0.5) is 4.79 Å². The fourth-order valence-electron chi connectivity index (χ4n) is 10.0. The number of hydrogen-bond acceptors (Lipinski definition) is 13. The van der Waals surface area contributed by atoms with Crippen LogP contribution in [0.3, 0.4) is 0 Å². The maximum atomic E-state index is 14.4. The van der Waals surface area contributed by atoms with Crippen molar-refractivity contribution in [3.05, 3.63) is 41.5 Å². The lowest BCUT2D eigenvalue weighted by atomic mass is 9.72. The van der Waals surface area contributed by atoms with Crippen LogP contribution in [-0.4, -0.2) is 125 Å². The number of carbonyl (C=O) groups is 4. The van der Waals surface area contributed by atoms with E-state index in [0.29, 0.717) is 57.6 Å². The Balaban J connectivity index is 1.40. The molecule has 3 saturated heterocycles. The minimum absolute atomic E-state index is 0.0919. The van der Waals surface area contributed by atoms with E-state index in [1.165, 1.54) is 6.92 Å². The van der Waals surface area contributed by atoms with E-state index in [9.17, 15) is 24.3 Å². The number of esters is 1. The smallest absolute Gasteiger partial charge is 0.410 e. The third-order valence-corrected chi connectivity index (χ3v) is 13.3. The normalized spacial score (nSPS) is 36.9. The second-order valence-electron chi connectivity index (χ2n) is 17.6. The fraction of sp³-hybridized carbons (Fsp3) is 0.727. The first kappa shape index (κ1) is 46.5. The molecule has 4 aliphatic heterocycles. The molecule has 0 spiro atoms. The molecule has 0 unspecified atom stereocenters. The molecule has 3 fully saturated rings. The zero-order valence-electron chi connectivity index (χ0n) is 36.5. The highest BCUT2D eigenvalue weighted by Crippen LogP contribution is 2.47. The lowest BCUT2D eigenvalue weighted by molar-refractivity contribution is -0.296. The van der Waals surface area contributed by atoms with Crippen molar-refractivity contribution in [1.82, 2.24) is 15.3 Å². The number of nitrogens with zero attached hydrogens (tertiary/aromatic N) is 2. The van der Waals surface area contributed by atoms with Crippen LogP contribution >= 0.6 is 0 Å². The van der Waals surface area contributed by atoms with Gasteiger partial charge in [0.1, 0.15) is 23.9 Å². The number of aliphatic hydroxyl groups is 1. The number of nitrogens with one attached hydrogen (secondary N) is 1. The van der Waals surface area contributed by atoms with Crippen molar-refractivity contribution in [3.63, 3.8) is 0 Å². The van der Waals surface area contributed by atoms with Crippen LogP contribution < -0.4 is 10.2 Å². The molecule has 1 aromatic carbocycles. The summed E-state index contributed by atoms with van der Waals surface area (Å²) in [4.78, 5) is 56.8. The fourth-order valence-corrected chi connectivity index (χ4v) is 10.0. The first-order chi connectivity index (χ1) is 27.9. The summed E-state index contributed by atoms with van der Waals surface area (Å²) < 4.78 is 37.5. The number of hydrogen-bond donors (Lipinski definition) is 3. The average molecular weight is 830 g/mol. The Morgan fingerprint density at radius 1 is 1.07 bits per heavy atom. The summed E-state index contributed by atoms with van der Waals surface area (Å²) in [6.45, 7) is 16.3. The molecule has 15 nitrogen and oxygen atoms in total. The van der Waals surface area contributed by atoms with Gasteiger partial charge in [0, 0.05) is 44.5 Å². The van der Waals surface area contributed by atoms with Gasteiger partial charge in [0.2, 0.25) is 5.91 Å².